The number of rotatable bonds is 2. The second-order valence-corrected chi connectivity index (χ2v) is 3.41. The highest BCUT2D eigenvalue weighted by Gasteiger charge is 2.10. The molecule has 1 aliphatic carbocycles. The second-order valence-electron chi connectivity index (χ2n) is 3.41. The molecule has 0 radical (unpaired) electrons. The highest BCUT2D eigenvalue weighted by Crippen LogP contribution is 2.16. The van der Waals surface area contributed by atoms with Crippen molar-refractivity contribution >= 4 is 5.97 Å². The Bertz CT molecular complexity index is 124. The number of aliphatic carboxylic acids is 1. The highest BCUT2D eigenvalue weighted by molar-refractivity contribution is 5.62. The van der Waals surface area contributed by atoms with Gasteiger partial charge in [0.25, 0.3) is 5.97 Å². The minimum atomic E-state index is -0.833. The zero-order valence-electron chi connectivity index (χ0n) is 8.68. The zero-order valence-corrected chi connectivity index (χ0v) is 8.68. The van der Waals surface area contributed by atoms with Gasteiger partial charge in [-0.25, -0.2) is 0 Å². The molecule has 0 aliphatic heterocycles. The molecule has 0 unspecified atom stereocenters. The molecule has 1 rings (SSSR count). The summed E-state index contributed by atoms with van der Waals surface area (Å²) in [6, 6.07) is 0.851. The van der Waals surface area contributed by atoms with Crippen LogP contribution in [0.25, 0.3) is 0 Å². The Morgan fingerprint density at radius 2 is 1.85 bits per heavy atom. The Balaban J connectivity index is 0.000000310. The number of carboxylic acid groups (broad SMARTS) is 1. The Morgan fingerprint density at radius 3 is 2.23 bits per heavy atom. The van der Waals surface area contributed by atoms with Crippen molar-refractivity contribution in [3.8, 4) is 0 Å². The molecule has 0 heterocycles. The van der Waals surface area contributed by atoms with Gasteiger partial charge in [-0.05, 0) is 19.4 Å². The first-order valence-corrected chi connectivity index (χ1v) is 5.09. The summed E-state index contributed by atoms with van der Waals surface area (Å²) < 4.78 is 0. The van der Waals surface area contributed by atoms with Crippen LogP contribution in [-0.2, 0) is 4.79 Å². The quantitative estimate of drug-likeness (QED) is 0.695. The summed E-state index contributed by atoms with van der Waals surface area (Å²) in [6.07, 6.45) is 7.17. The van der Waals surface area contributed by atoms with Gasteiger partial charge < -0.3 is 10.4 Å². The van der Waals surface area contributed by atoms with E-state index in [2.05, 4.69) is 12.2 Å². The van der Waals surface area contributed by atoms with Crippen LogP contribution in [0.3, 0.4) is 0 Å². The van der Waals surface area contributed by atoms with Gasteiger partial charge in [-0.1, -0.05) is 26.2 Å². The van der Waals surface area contributed by atoms with Crippen molar-refractivity contribution in [1.82, 2.24) is 5.32 Å². The lowest BCUT2D eigenvalue weighted by Gasteiger charge is -2.21. The summed E-state index contributed by atoms with van der Waals surface area (Å²) in [5, 5.41) is 10.9. The van der Waals surface area contributed by atoms with E-state index in [-0.39, 0.29) is 0 Å². The first kappa shape index (κ1) is 12.4. The van der Waals surface area contributed by atoms with Crippen LogP contribution in [-0.4, -0.2) is 23.7 Å². The maximum atomic E-state index is 9.00. The molecular weight excluding hydrogens is 166 g/mol. The van der Waals surface area contributed by atoms with Gasteiger partial charge in [0.05, 0.1) is 0 Å². The van der Waals surface area contributed by atoms with Gasteiger partial charge in [0.1, 0.15) is 0 Å². The fourth-order valence-electron chi connectivity index (χ4n) is 1.60. The smallest absolute Gasteiger partial charge is 0.300 e. The second kappa shape index (κ2) is 8.05. The van der Waals surface area contributed by atoms with Crippen molar-refractivity contribution in [2.24, 2.45) is 0 Å². The van der Waals surface area contributed by atoms with Crippen molar-refractivity contribution < 1.29 is 9.90 Å². The van der Waals surface area contributed by atoms with E-state index in [4.69, 9.17) is 9.90 Å². The van der Waals surface area contributed by atoms with Gasteiger partial charge in [0.2, 0.25) is 0 Å². The van der Waals surface area contributed by atoms with E-state index in [9.17, 15) is 0 Å². The van der Waals surface area contributed by atoms with Crippen LogP contribution < -0.4 is 5.32 Å². The van der Waals surface area contributed by atoms with E-state index >= 15 is 0 Å². The number of nitrogens with one attached hydrogen (secondary N) is 1. The molecule has 1 aliphatic rings. The number of carbonyl (C=O) groups is 1. The van der Waals surface area contributed by atoms with Crippen LogP contribution in [0.15, 0.2) is 0 Å². The minimum absolute atomic E-state index is 0.833. The molecule has 78 valence electrons. The third-order valence-electron chi connectivity index (χ3n) is 2.10. The fourth-order valence-corrected chi connectivity index (χ4v) is 1.60. The molecule has 0 aromatic heterocycles. The van der Waals surface area contributed by atoms with Crippen molar-refractivity contribution in [2.45, 2.75) is 52.0 Å². The Morgan fingerprint density at radius 1 is 1.38 bits per heavy atom. The van der Waals surface area contributed by atoms with Crippen molar-refractivity contribution in [3.05, 3.63) is 0 Å². The van der Waals surface area contributed by atoms with Crippen molar-refractivity contribution in [3.63, 3.8) is 0 Å². The van der Waals surface area contributed by atoms with E-state index in [0.717, 1.165) is 19.5 Å². The van der Waals surface area contributed by atoms with Gasteiger partial charge in [0.15, 0.2) is 0 Å². The molecule has 1 fully saturated rings. The average molecular weight is 187 g/mol. The summed E-state index contributed by atoms with van der Waals surface area (Å²) in [6.45, 7) is 4.42. The van der Waals surface area contributed by atoms with Crippen LogP contribution in [0.2, 0.25) is 0 Å². The monoisotopic (exact) mass is 187 g/mol. The summed E-state index contributed by atoms with van der Waals surface area (Å²) in [5.74, 6) is -0.833. The Kier molecular flexibility index (Phi) is 7.69. The van der Waals surface area contributed by atoms with E-state index in [1.807, 2.05) is 0 Å². The van der Waals surface area contributed by atoms with Crippen molar-refractivity contribution in [1.29, 1.82) is 0 Å². The molecule has 3 heteroatoms. The molecule has 0 spiro atoms. The summed E-state index contributed by atoms with van der Waals surface area (Å²) in [7, 11) is 0. The molecular formula is C10H21NO2. The average Bonchev–Trinajstić information content (AvgIpc) is 2.06. The fraction of sp³-hybridized carbons (Fsp3) is 0.900. The largest absolute Gasteiger partial charge is 0.481 e. The Labute approximate surface area is 80.5 Å². The molecule has 0 atom stereocenters. The molecule has 0 amide bonds. The van der Waals surface area contributed by atoms with Crippen LogP contribution in [0.4, 0.5) is 0 Å². The van der Waals surface area contributed by atoms with E-state index in [0.29, 0.717) is 0 Å². The standard InChI is InChI=1S/C8H17N.C2H4O2/c1-2-9-8-6-4-3-5-7-8;1-2(3)4/h8-9H,2-7H2,1H3;1H3,(H,3,4). The topological polar surface area (TPSA) is 49.3 Å². The normalized spacial score (nSPS) is 17.4. The lowest BCUT2D eigenvalue weighted by atomic mass is 9.96. The van der Waals surface area contributed by atoms with Gasteiger partial charge >= 0.3 is 0 Å². The first-order chi connectivity index (χ1) is 6.16. The molecule has 0 bridgehead atoms. The SMILES string of the molecule is CC(=O)O.CCNC1CCCCC1. The molecule has 1 saturated carbocycles. The molecule has 13 heavy (non-hydrogen) atoms. The van der Waals surface area contributed by atoms with Gasteiger partial charge in [0, 0.05) is 13.0 Å². The van der Waals surface area contributed by atoms with E-state index in [1.54, 1.807) is 0 Å². The van der Waals surface area contributed by atoms with Crippen LogP contribution in [0, 0.1) is 0 Å². The third-order valence-corrected chi connectivity index (χ3v) is 2.10. The van der Waals surface area contributed by atoms with Gasteiger partial charge in [-0.2, -0.15) is 0 Å². The first-order valence-electron chi connectivity index (χ1n) is 5.09. The van der Waals surface area contributed by atoms with E-state index < -0.39 is 5.97 Å². The molecule has 2 N–H and O–H groups in total. The lowest BCUT2D eigenvalue weighted by Crippen LogP contribution is -2.30. The molecule has 3 nitrogen and oxygen atoms in total. The predicted molar refractivity (Wildman–Crippen MR) is 53.9 cm³/mol. The Hall–Kier alpha value is -0.570. The van der Waals surface area contributed by atoms with Gasteiger partial charge in [-0.15, -0.1) is 0 Å². The minimum Gasteiger partial charge on any atom is -0.481 e. The number of hydrogen-bond donors (Lipinski definition) is 2. The predicted octanol–water partition coefficient (Wildman–Crippen LogP) is 2.02. The number of hydrogen-bond acceptors (Lipinski definition) is 2. The summed E-state index contributed by atoms with van der Waals surface area (Å²) >= 11 is 0. The highest BCUT2D eigenvalue weighted by atomic mass is 16.4. The van der Waals surface area contributed by atoms with Crippen LogP contribution in [0.5, 0.6) is 0 Å². The third kappa shape index (κ3) is 9.34. The zero-order chi connectivity index (χ0) is 10.1. The molecule has 0 aromatic rings. The molecule has 0 saturated heterocycles. The molecule has 0 aromatic carbocycles. The van der Waals surface area contributed by atoms with Crippen LogP contribution >= 0.6 is 0 Å². The van der Waals surface area contributed by atoms with E-state index in [1.165, 1.54) is 32.1 Å². The lowest BCUT2D eigenvalue weighted by molar-refractivity contribution is -0.134. The van der Waals surface area contributed by atoms with Crippen LogP contribution in [0.1, 0.15) is 46.0 Å². The maximum absolute atomic E-state index is 9.00. The maximum Gasteiger partial charge on any atom is 0.300 e. The number of carboxylic acids is 1. The van der Waals surface area contributed by atoms with Crippen molar-refractivity contribution in [2.75, 3.05) is 6.54 Å². The summed E-state index contributed by atoms with van der Waals surface area (Å²) in [4.78, 5) is 9.00. The van der Waals surface area contributed by atoms with Gasteiger partial charge in [-0.3, -0.25) is 4.79 Å². The summed E-state index contributed by atoms with van der Waals surface area (Å²) in [5.41, 5.74) is 0.